The Morgan fingerprint density at radius 3 is 2.33 bits per heavy atom. The first kappa shape index (κ1) is 15.2. The van der Waals surface area contributed by atoms with Crippen LogP contribution in [0.2, 0.25) is 10.0 Å². The number of phenols is 1. The fraction of sp³-hybridized carbons (Fsp3) is 0. The summed E-state index contributed by atoms with van der Waals surface area (Å²) in [5.41, 5.74) is 9.63. The predicted octanol–water partition coefficient (Wildman–Crippen LogP) is 2.82. The molecule has 0 bridgehead atoms. The number of hydrazine groups is 1. The molecule has 0 fully saturated rings. The number of hydrogen-bond donors (Lipinski definition) is 5. The molecule has 0 aliphatic rings. The van der Waals surface area contributed by atoms with Crippen molar-refractivity contribution >= 4 is 46.2 Å². The van der Waals surface area contributed by atoms with Gasteiger partial charge < -0.3 is 21.6 Å². The van der Waals surface area contributed by atoms with Crippen LogP contribution < -0.4 is 22.3 Å². The SMILES string of the molecule is NNc1cc(C(=O)Nc2cc(Cl)c(O)c(Cl)c2)ccc1N. The van der Waals surface area contributed by atoms with E-state index >= 15 is 0 Å². The highest BCUT2D eigenvalue weighted by molar-refractivity contribution is 6.37. The maximum Gasteiger partial charge on any atom is 0.255 e. The number of rotatable bonds is 3. The van der Waals surface area contributed by atoms with E-state index in [2.05, 4.69) is 10.7 Å². The third kappa shape index (κ3) is 3.30. The molecule has 21 heavy (non-hydrogen) atoms. The van der Waals surface area contributed by atoms with Crippen molar-refractivity contribution in [2.24, 2.45) is 5.84 Å². The molecule has 1 amide bonds. The van der Waals surface area contributed by atoms with Gasteiger partial charge in [-0.1, -0.05) is 23.2 Å². The van der Waals surface area contributed by atoms with Crippen LogP contribution in [0, 0.1) is 0 Å². The number of phenolic OH excluding ortho intramolecular Hbond substituents is 1. The van der Waals surface area contributed by atoms with E-state index in [1.807, 2.05) is 0 Å². The van der Waals surface area contributed by atoms with Crippen LogP contribution in [0.15, 0.2) is 30.3 Å². The second-order valence-corrected chi connectivity index (χ2v) is 5.00. The minimum absolute atomic E-state index is 0.0411. The number of amides is 1. The van der Waals surface area contributed by atoms with Gasteiger partial charge in [-0.2, -0.15) is 0 Å². The van der Waals surface area contributed by atoms with Crippen molar-refractivity contribution in [1.82, 2.24) is 0 Å². The molecule has 2 aromatic carbocycles. The lowest BCUT2D eigenvalue weighted by atomic mass is 10.1. The summed E-state index contributed by atoms with van der Waals surface area (Å²) < 4.78 is 0. The van der Waals surface area contributed by atoms with E-state index in [1.165, 1.54) is 18.2 Å². The van der Waals surface area contributed by atoms with Gasteiger partial charge in [0.05, 0.1) is 21.4 Å². The van der Waals surface area contributed by atoms with E-state index in [0.717, 1.165) is 0 Å². The molecule has 0 radical (unpaired) electrons. The molecule has 0 aliphatic heterocycles. The van der Waals surface area contributed by atoms with E-state index in [4.69, 9.17) is 34.8 Å². The average molecular weight is 327 g/mol. The average Bonchev–Trinajstić information content (AvgIpc) is 2.45. The zero-order chi connectivity index (χ0) is 15.6. The normalized spacial score (nSPS) is 10.2. The van der Waals surface area contributed by atoms with Crippen LogP contribution in [0.4, 0.5) is 17.1 Å². The van der Waals surface area contributed by atoms with Gasteiger partial charge in [-0.3, -0.25) is 10.6 Å². The number of nitrogen functional groups attached to an aromatic ring is 2. The molecule has 0 atom stereocenters. The maximum absolute atomic E-state index is 12.1. The van der Waals surface area contributed by atoms with Crippen LogP contribution in [0.5, 0.6) is 5.75 Å². The number of aromatic hydroxyl groups is 1. The molecule has 0 aromatic heterocycles. The molecular formula is C13H12Cl2N4O2. The van der Waals surface area contributed by atoms with Crippen LogP contribution >= 0.6 is 23.2 Å². The molecule has 0 aliphatic carbocycles. The standard InChI is InChI=1S/C13H12Cl2N4O2/c14-8-4-7(5-9(15)12(8)20)18-13(21)6-1-2-10(16)11(3-6)19-17/h1-5,19-20H,16-17H2,(H,18,21). The van der Waals surface area contributed by atoms with Gasteiger partial charge in [-0.15, -0.1) is 0 Å². The van der Waals surface area contributed by atoms with Crippen molar-refractivity contribution < 1.29 is 9.90 Å². The predicted molar refractivity (Wildman–Crippen MR) is 84.7 cm³/mol. The second-order valence-electron chi connectivity index (χ2n) is 4.19. The van der Waals surface area contributed by atoms with E-state index in [-0.39, 0.29) is 15.8 Å². The van der Waals surface area contributed by atoms with Crippen LogP contribution in [0.1, 0.15) is 10.4 Å². The smallest absolute Gasteiger partial charge is 0.255 e. The summed E-state index contributed by atoms with van der Waals surface area (Å²) in [7, 11) is 0. The minimum Gasteiger partial charge on any atom is -0.505 e. The molecule has 110 valence electrons. The molecule has 0 unspecified atom stereocenters. The molecule has 2 rings (SSSR count). The molecule has 0 saturated carbocycles. The Kier molecular flexibility index (Phi) is 4.42. The minimum atomic E-state index is -0.399. The third-order valence-corrected chi connectivity index (χ3v) is 3.32. The van der Waals surface area contributed by atoms with E-state index in [1.54, 1.807) is 12.1 Å². The number of anilines is 3. The number of nitrogens with two attached hydrogens (primary N) is 2. The Labute approximate surface area is 130 Å². The Balaban J connectivity index is 2.26. The van der Waals surface area contributed by atoms with Crippen molar-refractivity contribution in [1.29, 1.82) is 0 Å². The van der Waals surface area contributed by atoms with Crippen LogP contribution in [-0.2, 0) is 0 Å². The Morgan fingerprint density at radius 2 is 1.76 bits per heavy atom. The van der Waals surface area contributed by atoms with Gasteiger partial charge in [-0.05, 0) is 30.3 Å². The highest BCUT2D eigenvalue weighted by Crippen LogP contribution is 2.34. The van der Waals surface area contributed by atoms with Crippen molar-refractivity contribution in [3.05, 3.63) is 45.9 Å². The zero-order valence-electron chi connectivity index (χ0n) is 10.7. The molecule has 0 spiro atoms. The molecule has 6 nitrogen and oxygen atoms in total. The molecular weight excluding hydrogens is 315 g/mol. The number of carbonyl (C=O) groups is 1. The van der Waals surface area contributed by atoms with Crippen molar-refractivity contribution in [3.8, 4) is 5.75 Å². The summed E-state index contributed by atoms with van der Waals surface area (Å²) >= 11 is 11.6. The van der Waals surface area contributed by atoms with E-state index < -0.39 is 5.91 Å². The van der Waals surface area contributed by atoms with Crippen LogP contribution in [0.3, 0.4) is 0 Å². The largest absolute Gasteiger partial charge is 0.505 e. The summed E-state index contributed by atoms with van der Waals surface area (Å²) in [6.45, 7) is 0. The van der Waals surface area contributed by atoms with Gasteiger partial charge in [0.25, 0.3) is 5.91 Å². The lowest BCUT2D eigenvalue weighted by Crippen LogP contribution is -2.14. The van der Waals surface area contributed by atoms with E-state index in [0.29, 0.717) is 22.6 Å². The molecule has 0 saturated heterocycles. The van der Waals surface area contributed by atoms with Crippen LogP contribution in [-0.4, -0.2) is 11.0 Å². The van der Waals surface area contributed by atoms with Gasteiger partial charge in [-0.25, -0.2) is 0 Å². The summed E-state index contributed by atoms with van der Waals surface area (Å²) in [4.78, 5) is 12.1. The highest BCUT2D eigenvalue weighted by Gasteiger charge is 2.11. The Hall–Kier alpha value is -2.15. The molecule has 0 heterocycles. The topological polar surface area (TPSA) is 113 Å². The van der Waals surface area contributed by atoms with Gasteiger partial charge in [0.15, 0.2) is 5.75 Å². The number of carbonyl (C=O) groups excluding carboxylic acids is 1. The van der Waals surface area contributed by atoms with Crippen molar-refractivity contribution in [3.63, 3.8) is 0 Å². The van der Waals surface area contributed by atoms with Gasteiger partial charge in [0, 0.05) is 11.3 Å². The second kappa shape index (κ2) is 6.09. The van der Waals surface area contributed by atoms with Crippen LogP contribution in [0.25, 0.3) is 0 Å². The summed E-state index contributed by atoms with van der Waals surface area (Å²) in [6, 6.07) is 7.39. The van der Waals surface area contributed by atoms with Crippen molar-refractivity contribution in [2.45, 2.75) is 0 Å². The molecule has 8 heteroatoms. The van der Waals surface area contributed by atoms with E-state index in [9.17, 15) is 9.90 Å². The van der Waals surface area contributed by atoms with Gasteiger partial charge in [0.2, 0.25) is 0 Å². The van der Waals surface area contributed by atoms with Gasteiger partial charge in [0.1, 0.15) is 0 Å². The quantitative estimate of drug-likeness (QED) is 0.257. The lowest BCUT2D eigenvalue weighted by molar-refractivity contribution is 0.102. The lowest BCUT2D eigenvalue weighted by Gasteiger charge is -2.10. The fourth-order valence-electron chi connectivity index (χ4n) is 1.66. The number of benzene rings is 2. The first-order valence-corrected chi connectivity index (χ1v) is 6.53. The Morgan fingerprint density at radius 1 is 1.14 bits per heavy atom. The molecule has 2 aromatic rings. The summed E-state index contributed by atoms with van der Waals surface area (Å²) in [5.74, 6) is 4.67. The zero-order valence-corrected chi connectivity index (χ0v) is 12.2. The highest BCUT2D eigenvalue weighted by atomic mass is 35.5. The number of halogens is 2. The summed E-state index contributed by atoms with van der Waals surface area (Å²) in [5, 5.41) is 12.2. The van der Waals surface area contributed by atoms with Crippen molar-refractivity contribution in [2.75, 3.05) is 16.5 Å². The number of nitrogens with one attached hydrogen (secondary N) is 2. The monoisotopic (exact) mass is 326 g/mol. The first-order chi connectivity index (χ1) is 9.92. The summed E-state index contributed by atoms with van der Waals surface area (Å²) in [6.07, 6.45) is 0. The fourth-order valence-corrected chi connectivity index (χ4v) is 2.15. The molecule has 7 N–H and O–H groups in total. The number of hydrogen-bond acceptors (Lipinski definition) is 5. The maximum atomic E-state index is 12.1. The first-order valence-electron chi connectivity index (χ1n) is 5.78. The van der Waals surface area contributed by atoms with Gasteiger partial charge >= 0.3 is 0 Å². The Bertz CT molecular complexity index is 684. The third-order valence-electron chi connectivity index (χ3n) is 2.75.